The number of aromatic nitrogens is 1. The van der Waals surface area contributed by atoms with Crippen LogP contribution >= 0.6 is 11.3 Å². The lowest BCUT2D eigenvalue weighted by atomic mass is 9.90. The molecule has 1 unspecified atom stereocenters. The fourth-order valence-electron chi connectivity index (χ4n) is 2.04. The van der Waals surface area contributed by atoms with Crippen molar-refractivity contribution in [2.24, 2.45) is 5.41 Å². The van der Waals surface area contributed by atoms with E-state index in [1.807, 2.05) is 6.92 Å². The number of hydrogen-bond donors (Lipinski definition) is 1. The van der Waals surface area contributed by atoms with Gasteiger partial charge in [0.15, 0.2) is 0 Å². The molecule has 1 amide bonds. The van der Waals surface area contributed by atoms with Gasteiger partial charge in [0.2, 0.25) is 0 Å². The predicted octanol–water partition coefficient (Wildman–Crippen LogP) is 1.64. The van der Waals surface area contributed by atoms with Crippen LogP contribution in [-0.4, -0.2) is 40.0 Å². The molecule has 0 spiro atoms. The maximum atomic E-state index is 12.2. The largest absolute Gasteiger partial charge is 0.481 e. The number of carboxylic acids is 1. The van der Waals surface area contributed by atoms with Crippen LogP contribution in [0.4, 0.5) is 0 Å². The molecule has 1 aromatic rings. The van der Waals surface area contributed by atoms with E-state index in [1.165, 1.54) is 11.3 Å². The molecule has 1 atom stereocenters. The van der Waals surface area contributed by atoms with Crippen LogP contribution in [0, 0.1) is 5.41 Å². The van der Waals surface area contributed by atoms with Crippen molar-refractivity contribution in [3.05, 3.63) is 16.1 Å². The average Bonchev–Trinajstić information content (AvgIpc) is 2.95. The van der Waals surface area contributed by atoms with Crippen LogP contribution in [0.1, 0.15) is 34.9 Å². The highest BCUT2D eigenvalue weighted by molar-refractivity contribution is 7.13. The minimum absolute atomic E-state index is 0.0998. The van der Waals surface area contributed by atoms with E-state index in [1.54, 1.807) is 18.0 Å². The molecule has 5 nitrogen and oxygen atoms in total. The summed E-state index contributed by atoms with van der Waals surface area (Å²) in [5, 5.41) is 10.1. The zero-order chi connectivity index (χ0) is 13.3. The third kappa shape index (κ3) is 2.25. The molecule has 18 heavy (non-hydrogen) atoms. The third-order valence-electron chi connectivity index (χ3n) is 3.34. The van der Waals surface area contributed by atoms with Crippen LogP contribution in [-0.2, 0) is 11.2 Å². The Morgan fingerprint density at radius 3 is 2.83 bits per heavy atom. The molecule has 1 aliphatic rings. The zero-order valence-electron chi connectivity index (χ0n) is 10.5. The Kier molecular flexibility index (Phi) is 3.38. The minimum Gasteiger partial charge on any atom is -0.481 e. The highest BCUT2D eigenvalue weighted by Crippen LogP contribution is 2.31. The summed E-state index contributed by atoms with van der Waals surface area (Å²) in [4.78, 5) is 29.7. The summed E-state index contributed by atoms with van der Waals surface area (Å²) in [5.74, 6) is -0.937. The van der Waals surface area contributed by atoms with Gasteiger partial charge in [-0.2, -0.15) is 0 Å². The van der Waals surface area contributed by atoms with Gasteiger partial charge in [0.1, 0.15) is 4.88 Å². The van der Waals surface area contributed by atoms with Crippen LogP contribution in [0.5, 0.6) is 0 Å². The first-order valence-electron chi connectivity index (χ1n) is 5.93. The first kappa shape index (κ1) is 13.0. The molecule has 0 aromatic carbocycles. The van der Waals surface area contributed by atoms with Crippen molar-refractivity contribution in [3.8, 4) is 0 Å². The molecule has 1 saturated heterocycles. The van der Waals surface area contributed by atoms with Gasteiger partial charge >= 0.3 is 5.97 Å². The van der Waals surface area contributed by atoms with Crippen molar-refractivity contribution >= 4 is 23.2 Å². The Bertz CT molecular complexity index is 485. The molecular formula is C12H16N2O3S. The maximum absolute atomic E-state index is 12.2. The number of aliphatic carboxylic acids is 1. The number of amides is 1. The molecular weight excluding hydrogens is 252 g/mol. The third-order valence-corrected chi connectivity index (χ3v) is 4.47. The van der Waals surface area contributed by atoms with Gasteiger partial charge in [-0.15, -0.1) is 11.3 Å². The predicted molar refractivity (Wildman–Crippen MR) is 67.8 cm³/mol. The Morgan fingerprint density at radius 2 is 2.33 bits per heavy atom. The first-order chi connectivity index (χ1) is 8.46. The van der Waals surface area contributed by atoms with E-state index in [4.69, 9.17) is 5.11 Å². The SMILES string of the molecule is CCc1ncc(C(=O)N2CCC(C)(C(=O)O)C2)s1. The molecule has 0 saturated carbocycles. The summed E-state index contributed by atoms with van der Waals surface area (Å²) in [5.41, 5.74) is -0.812. The Balaban J connectivity index is 2.10. The van der Waals surface area contributed by atoms with E-state index in [-0.39, 0.29) is 12.5 Å². The van der Waals surface area contributed by atoms with Crippen LogP contribution in [0.3, 0.4) is 0 Å². The van der Waals surface area contributed by atoms with E-state index < -0.39 is 11.4 Å². The molecule has 1 N–H and O–H groups in total. The number of rotatable bonds is 3. The number of aryl methyl sites for hydroxylation is 1. The average molecular weight is 268 g/mol. The molecule has 1 aromatic heterocycles. The highest BCUT2D eigenvalue weighted by Gasteiger charge is 2.42. The number of nitrogens with zero attached hydrogens (tertiary/aromatic N) is 2. The minimum atomic E-state index is -0.837. The highest BCUT2D eigenvalue weighted by atomic mass is 32.1. The van der Waals surface area contributed by atoms with E-state index in [0.717, 1.165) is 11.4 Å². The topological polar surface area (TPSA) is 70.5 Å². The van der Waals surface area contributed by atoms with Gasteiger partial charge in [0.25, 0.3) is 5.91 Å². The number of carbonyl (C=O) groups is 2. The van der Waals surface area contributed by atoms with Gasteiger partial charge in [0.05, 0.1) is 16.6 Å². The van der Waals surface area contributed by atoms with Crippen LogP contribution in [0.25, 0.3) is 0 Å². The van der Waals surface area contributed by atoms with Crippen LogP contribution in [0.15, 0.2) is 6.20 Å². The summed E-state index contributed by atoms with van der Waals surface area (Å²) in [6.45, 7) is 4.46. The lowest BCUT2D eigenvalue weighted by molar-refractivity contribution is -0.147. The molecule has 2 heterocycles. The van der Waals surface area contributed by atoms with Gasteiger partial charge in [-0.25, -0.2) is 4.98 Å². The van der Waals surface area contributed by atoms with E-state index >= 15 is 0 Å². The molecule has 2 rings (SSSR count). The van der Waals surface area contributed by atoms with Crippen molar-refractivity contribution in [2.45, 2.75) is 26.7 Å². The zero-order valence-corrected chi connectivity index (χ0v) is 11.3. The quantitative estimate of drug-likeness (QED) is 0.904. The second kappa shape index (κ2) is 4.68. The van der Waals surface area contributed by atoms with Crippen molar-refractivity contribution in [3.63, 3.8) is 0 Å². The Morgan fingerprint density at radius 1 is 1.61 bits per heavy atom. The standard InChI is InChI=1S/C12H16N2O3S/c1-3-9-13-6-8(18-9)10(15)14-5-4-12(2,7-14)11(16)17/h6H,3-5,7H2,1-2H3,(H,16,17). The maximum Gasteiger partial charge on any atom is 0.311 e. The number of carbonyl (C=O) groups excluding carboxylic acids is 1. The molecule has 0 aliphatic carbocycles. The van der Waals surface area contributed by atoms with Gasteiger partial charge in [-0.3, -0.25) is 9.59 Å². The second-order valence-corrected chi connectivity index (χ2v) is 5.93. The monoisotopic (exact) mass is 268 g/mol. The molecule has 6 heteroatoms. The fraction of sp³-hybridized carbons (Fsp3) is 0.583. The smallest absolute Gasteiger partial charge is 0.311 e. The number of thiazole rings is 1. The van der Waals surface area contributed by atoms with Crippen molar-refractivity contribution < 1.29 is 14.7 Å². The van der Waals surface area contributed by atoms with Crippen molar-refractivity contribution in [1.82, 2.24) is 9.88 Å². The van der Waals surface area contributed by atoms with Gasteiger partial charge in [-0.05, 0) is 19.8 Å². The molecule has 0 radical (unpaired) electrons. The summed E-state index contributed by atoms with van der Waals surface area (Å²) in [7, 11) is 0. The van der Waals surface area contributed by atoms with E-state index in [9.17, 15) is 9.59 Å². The Hall–Kier alpha value is -1.43. The molecule has 1 fully saturated rings. The normalized spacial score (nSPS) is 23.3. The first-order valence-corrected chi connectivity index (χ1v) is 6.75. The second-order valence-electron chi connectivity index (χ2n) is 4.81. The number of hydrogen-bond acceptors (Lipinski definition) is 4. The van der Waals surface area contributed by atoms with Gasteiger partial charge in [-0.1, -0.05) is 6.92 Å². The van der Waals surface area contributed by atoms with Gasteiger partial charge < -0.3 is 10.0 Å². The fourth-order valence-corrected chi connectivity index (χ4v) is 2.86. The lowest BCUT2D eigenvalue weighted by Crippen LogP contribution is -2.34. The van der Waals surface area contributed by atoms with Crippen molar-refractivity contribution in [1.29, 1.82) is 0 Å². The van der Waals surface area contributed by atoms with E-state index in [0.29, 0.717) is 17.8 Å². The summed E-state index contributed by atoms with van der Waals surface area (Å²) < 4.78 is 0. The summed E-state index contributed by atoms with van der Waals surface area (Å²) in [6.07, 6.45) is 2.90. The number of likely N-dealkylation sites (tertiary alicyclic amines) is 1. The summed E-state index contributed by atoms with van der Waals surface area (Å²) >= 11 is 1.39. The van der Waals surface area contributed by atoms with Crippen LogP contribution in [0.2, 0.25) is 0 Å². The number of carboxylic acid groups (broad SMARTS) is 1. The van der Waals surface area contributed by atoms with Crippen LogP contribution < -0.4 is 0 Å². The van der Waals surface area contributed by atoms with Gasteiger partial charge in [0, 0.05) is 13.1 Å². The van der Waals surface area contributed by atoms with E-state index in [2.05, 4.69) is 4.98 Å². The van der Waals surface area contributed by atoms with Crippen molar-refractivity contribution in [2.75, 3.05) is 13.1 Å². The molecule has 98 valence electrons. The Labute approximate surface area is 109 Å². The summed E-state index contributed by atoms with van der Waals surface area (Å²) in [6, 6.07) is 0. The lowest BCUT2D eigenvalue weighted by Gasteiger charge is -2.19. The molecule has 0 bridgehead atoms. The molecule has 1 aliphatic heterocycles.